The van der Waals surface area contributed by atoms with Crippen molar-refractivity contribution in [3.63, 3.8) is 0 Å². The van der Waals surface area contributed by atoms with Crippen LogP contribution >= 0.6 is 0 Å². The molecule has 0 atom stereocenters. The third-order valence-electron chi connectivity index (χ3n) is 2.98. The summed E-state index contributed by atoms with van der Waals surface area (Å²) in [6.45, 7) is 5.44. The predicted octanol–water partition coefficient (Wildman–Crippen LogP) is 0.910. The highest BCUT2D eigenvalue weighted by molar-refractivity contribution is 5.92. The number of rotatable bonds is 3. The second kappa shape index (κ2) is 5.58. The number of hydrogen-bond acceptors (Lipinski definition) is 7. The molecule has 0 bridgehead atoms. The van der Waals surface area contributed by atoms with Crippen molar-refractivity contribution < 1.29 is 9.53 Å². The number of carbonyl (C=O) groups is 1. The molecule has 0 spiro atoms. The summed E-state index contributed by atoms with van der Waals surface area (Å²) in [6, 6.07) is 2.07. The van der Waals surface area contributed by atoms with Gasteiger partial charge in [-0.25, -0.2) is 9.48 Å². The van der Waals surface area contributed by atoms with Crippen LogP contribution in [0.25, 0.3) is 5.82 Å². The van der Waals surface area contributed by atoms with Crippen LogP contribution in [0.4, 0.5) is 5.69 Å². The van der Waals surface area contributed by atoms with E-state index < -0.39 is 5.97 Å². The fourth-order valence-electron chi connectivity index (χ4n) is 1.74. The highest BCUT2D eigenvalue weighted by atomic mass is 16.5. The number of esters is 1. The van der Waals surface area contributed by atoms with Crippen molar-refractivity contribution in [3.8, 4) is 11.9 Å². The average Bonchev–Trinajstić information content (AvgIpc) is 2.84. The van der Waals surface area contributed by atoms with Crippen LogP contribution in [0, 0.1) is 25.2 Å². The minimum absolute atomic E-state index is 0.0132. The van der Waals surface area contributed by atoms with Gasteiger partial charge < -0.3 is 10.5 Å². The number of hydrogen-bond donors (Lipinski definition) is 1. The van der Waals surface area contributed by atoms with Crippen molar-refractivity contribution in [3.05, 3.63) is 28.7 Å². The molecule has 0 saturated heterocycles. The van der Waals surface area contributed by atoms with Crippen LogP contribution in [0.1, 0.15) is 34.2 Å². The van der Waals surface area contributed by atoms with Crippen molar-refractivity contribution in [2.75, 3.05) is 12.3 Å². The van der Waals surface area contributed by atoms with Gasteiger partial charge in [-0.15, -0.1) is 5.10 Å². The molecule has 0 radical (unpaired) electrons. The summed E-state index contributed by atoms with van der Waals surface area (Å²) in [4.78, 5) is 11.7. The Labute approximate surface area is 121 Å². The Morgan fingerprint density at radius 1 is 1.48 bits per heavy atom. The normalized spacial score (nSPS) is 10.2. The van der Waals surface area contributed by atoms with E-state index in [4.69, 9.17) is 10.5 Å². The number of anilines is 1. The van der Waals surface area contributed by atoms with E-state index in [1.165, 1.54) is 10.9 Å². The summed E-state index contributed by atoms with van der Waals surface area (Å²) in [5, 5.41) is 21.2. The Balaban J connectivity index is 2.55. The Kier molecular flexibility index (Phi) is 3.84. The van der Waals surface area contributed by atoms with Crippen LogP contribution in [0.3, 0.4) is 0 Å². The molecule has 0 fully saturated rings. The molecule has 0 aliphatic rings. The van der Waals surface area contributed by atoms with Gasteiger partial charge in [-0.2, -0.15) is 15.5 Å². The highest BCUT2D eigenvalue weighted by Gasteiger charge is 2.20. The predicted molar refractivity (Wildman–Crippen MR) is 73.7 cm³/mol. The Morgan fingerprint density at radius 2 is 2.19 bits per heavy atom. The Bertz CT molecular complexity index is 744. The van der Waals surface area contributed by atoms with Crippen LogP contribution in [0.2, 0.25) is 0 Å². The van der Waals surface area contributed by atoms with Crippen LogP contribution in [-0.4, -0.2) is 32.6 Å². The lowest BCUT2D eigenvalue weighted by molar-refractivity contribution is 0.0520. The zero-order valence-corrected chi connectivity index (χ0v) is 11.9. The van der Waals surface area contributed by atoms with E-state index in [-0.39, 0.29) is 23.8 Å². The van der Waals surface area contributed by atoms with Crippen molar-refractivity contribution >= 4 is 11.7 Å². The third-order valence-corrected chi connectivity index (χ3v) is 2.98. The first-order valence-corrected chi connectivity index (χ1v) is 6.26. The number of nitrogen functional groups attached to an aromatic ring is 1. The molecule has 0 aliphatic carbocycles. The first-order chi connectivity index (χ1) is 9.99. The van der Waals surface area contributed by atoms with Crippen molar-refractivity contribution in [1.82, 2.24) is 20.0 Å². The van der Waals surface area contributed by atoms with Crippen molar-refractivity contribution in [2.45, 2.75) is 20.8 Å². The minimum atomic E-state index is -0.621. The van der Waals surface area contributed by atoms with E-state index in [0.29, 0.717) is 16.8 Å². The van der Waals surface area contributed by atoms with Crippen molar-refractivity contribution in [1.29, 1.82) is 5.26 Å². The molecular weight excluding hydrogens is 272 g/mol. The largest absolute Gasteiger partial charge is 0.461 e. The van der Waals surface area contributed by atoms with Crippen LogP contribution in [0.5, 0.6) is 0 Å². The molecule has 8 heteroatoms. The maximum atomic E-state index is 11.7. The van der Waals surface area contributed by atoms with Gasteiger partial charge in [0.1, 0.15) is 11.6 Å². The molecular formula is C13H14N6O2. The number of nitriles is 1. The second-order valence-corrected chi connectivity index (χ2v) is 4.32. The first kappa shape index (κ1) is 14.5. The van der Waals surface area contributed by atoms with Gasteiger partial charge in [-0.1, -0.05) is 0 Å². The minimum Gasteiger partial charge on any atom is -0.461 e. The number of nitrogens with zero attached hydrogens (tertiary/aromatic N) is 5. The van der Waals surface area contributed by atoms with Gasteiger partial charge in [-0.3, -0.25) is 0 Å². The van der Waals surface area contributed by atoms with E-state index >= 15 is 0 Å². The molecule has 21 heavy (non-hydrogen) atoms. The molecule has 0 amide bonds. The molecule has 2 rings (SSSR count). The summed E-state index contributed by atoms with van der Waals surface area (Å²) in [5.74, 6) is -0.396. The monoisotopic (exact) mass is 286 g/mol. The van der Waals surface area contributed by atoms with Gasteiger partial charge in [0.25, 0.3) is 0 Å². The SMILES string of the molecule is CCOC(=O)c1nn(-c2nnc(C)c(C)c2C#N)cc1N. The number of aromatic nitrogens is 4. The molecule has 8 nitrogen and oxygen atoms in total. The summed E-state index contributed by atoms with van der Waals surface area (Å²) in [7, 11) is 0. The second-order valence-electron chi connectivity index (χ2n) is 4.32. The third kappa shape index (κ3) is 2.53. The lowest BCUT2D eigenvalue weighted by Gasteiger charge is -2.06. The maximum Gasteiger partial charge on any atom is 0.361 e. The molecule has 2 N–H and O–H groups in total. The fourth-order valence-corrected chi connectivity index (χ4v) is 1.74. The number of aryl methyl sites for hydroxylation is 1. The van der Waals surface area contributed by atoms with Gasteiger partial charge in [0, 0.05) is 0 Å². The molecule has 2 aromatic heterocycles. The average molecular weight is 286 g/mol. The topological polar surface area (TPSA) is 120 Å². The van der Waals surface area contributed by atoms with Gasteiger partial charge in [-0.05, 0) is 26.3 Å². The standard InChI is InChI=1S/C13H14N6O2/c1-4-21-13(20)11-10(15)6-19(18-11)12-9(5-14)7(2)8(3)16-17-12/h6H,4,15H2,1-3H3. The zero-order chi connectivity index (χ0) is 15.6. The van der Waals surface area contributed by atoms with Crippen molar-refractivity contribution in [2.24, 2.45) is 0 Å². The van der Waals surface area contributed by atoms with E-state index in [0.717, 1.165) is 0 Å². The van der Waals surface area contributed by atoms with E-state index in [1.54, 1.807) is 20.8 Å². The lowest BCUT2D eigenvalue weighted by atomic mass is 10.1. The number of ether oxygens (including phenoxy) is 1. The van der Waals surface area contributed by atoms with E-state index in [9.17, 15) is 10.1 Å². The maximum absolute atomic E-state index is 11.7. The summed E-state index contributed by atoms with van der Waals surface area (Å²) >= 11 is 0. The molecule has 2 heterocycles. The highest BCUT2D eigenvalue weighted by Crippen LogP contribution is 2.19. The Morgan fingerprint density at radius 3 is 2.81 bits per heavy atom. The molecule has 0 aromatic carbocycles. The van der Waals surface area contributed by atoms with E-state index in [1.807, 2.05) is 0 Å². The van der Waals surface area contributed by atoms with Crippen LogP contribution in [-0.2, 0) is 4.74 Å². The Hall–Kier alpha value is -2.95. The van der Waals surface area contributed by atoms with Gasteiger partial charge in [0.05, 0.1) is 24.2 Å². The van der Waals surface area contributed by atoms with E-state index in [2.05, 4.69) is 21.4 Å². The fraction of sp³-hybridized carbons (Fsp3) is 0.308. The van der Waals surface area contributed by atoms with Crippen LogP contribution < -0.4 is 5.73 Å². The molecule has 0 aliphatic heterocycles. The lowest BCUT2D eigenvalue weighted by Crippen LogP contribution is -2.10. The molecule has 0 saturated carbocycles. The molecule has 0 unspecified atom stereocenters. The summed E-state index contributed by atoms with van der Waals surface area (Å²) in [5.41, 5.74) is 7.58. The zero-order valence-electron chi connectivity index (χ0n) is 11.9. The quantitative estimate of drug-likeness (QED) is 0.832. The van der Waals surface area contributed by atoms with Gasteiger partial charge in [0.2, 0.25) is 0 Å². The number of carbonyl (C=O) groups excluding carboxylic acids is 1. The summed E-state index contributed by atoms with van der Waals surface area (Å²) in [6.07, 6.45) is 1.41. The summed E-state index contributed by atoms with van der Waals surface area (Å²) < 4.78 is 6.13. The smallest absolute Gasteiger partial charge is 0.361 e. The van der Waals surface area contributed by atoms with Gasteiger partial charge in [0.15, 0.2) is 11.5 Å². The number of nitrogens with two attached hydrogens (primary N) is 1. The molecule has 2 aromatic rings. The van der Waals surface area contributed by atoms with Crippen LogP contribution in [0.15, 0.2) is 6.20 Å². The molecule has 108 valence electrons. The van der Waals surface area contributed by atoms with Gasteiger partial charge >= 0.3 is 5.97 Å². The first-order valence-electron chi connectivity index (χ1n) is 6.26.